The summed E-state index contributed by atoms with van der Waals surface area (Å²) in [6.07, 6.45) is 2.32. The van der Waals surface area contributed by atoms with Crippen LogP contribution in [0.3, 0.4) is 0 Å². The van der Waals surface area contributed by atoms with Crippen molar-refractivity contribution in [3.05, 3.63) is 70.9 Å². The van der Waals surface area contributed by atoms with Crippen molar-refractivity contribution in [2.45, 2.75) is 33.7 Å². The van der Waals surface area contributed by atoms with Gasteiger partial charge in [0, 0.05) is 12.1 Å². The van der Waals surface area contributed by atoms with Crippen molar-refractivity contribution >= 4 is 11.6 Å². The lowest BCUT2D eigenvalue weighted by molar-refractivity contribution is -0.117. The normalized spacial score (nSPS) is 11.2. The van der Waals surface area contributed by atoms with Gasteiger partial charge in [-0.3, -0.25) is 9.69 Å². The highest BCUT2D eigenvalue weighted by atomic mass is 19.2. The number of anilines is 1. The van der Waals surface area contributed by atoms with Gasteiger partial charge in [-0.2, -0.15) is 0 Å². The SMILES string of the molecule is CCCN(CC(=O)Nc1ccc(F)c(F)c1F)Cc1coc(-c2ccc(C)cc2C)n1. The summed E-state index contributed by atoms with van der Waals surface area (Å²) in [7, 11) is 0. The van der Waals surface area contributed by atoms with Gasteiger partial charge in [0.25, 0.3) is 0 Å². The summed E-state index contributed by atoms with van der Waals surface area (Å²) in [6, 6.07) is 7.74. The molecule has 2 aromatic carbocycles. The van der Waals surface area contributed by atoms with Crippen molar-refractivity contribution < 1.29 is 22.4 Å². The molecule has 0 saturated heterocycles. The molecule has 0 bridgehead atoms. The number of hydrogen-bond donors (Lipinski definition) is 1. The molecule has 3 rings (SSSR count). The molecule has 1 aromatic heterocycles. The third-order valence-electron chi connectivity index (χ3n) is 4.77. The zero-order valence-corrected chi connectivity index (χ0v) is 17.6. The van der Waals surface area contributed by atoms with Crippen LogP contribution < -0.4 is 5.32 Å². The van der Waals surface area contributed by atoms with Gasteiger partial charge in [-0.05, 0) is 50.6 Å². The monoisotopic (exact) mass is 431 g/mol. The second-order valence-electron chi connectivity index (χ2n) is 7.44. The van der Waals surface area contributed by atoms with Gasteiger partial charge in [0.15, 0.2) is 17.5 Å². The van der Waals surface area contributed by atoms with Crippen LogP contribution in [-0.4, -0.2) is 28.9 Å². The van der Waals surface area contributed by atoms with Crippen molar-refractivity contribution in [3.8, 4) is 11.5 Å². The van der Waals surface area contributed by atoms with Crippen LogP contribution in [-0.2, 0) is 11.3 Å². The van der Waals surface area contributed by atoms with E-state index in [1.54, 1.807) is 6.26 Å². The number of hydrogen-bond acceptors (Lipinski definition) is 4. The van der Waals surface area contributed by atoms with E-state index in [9.17, 15) is 18.0 Å². The van der Waals surface area contributed by atoms with Crippen LogP contribution >= 0.6 is 0 Å². The topological polar surface area (TPSA) is 58.4 Å². The van der Waals surface area contributed by atoms with E-state index in [0.717, 1.165) is 35.2 Å². The summed E-state index contributed by atoms with van der Waals surface area (Å²) in [6.45, 7) is 6.81. The van der Waals surface area contributed by atoms with Crippen molar-refractivity contribution in [2.75, 3.05) is 18.4 Å². The lowest BCUT2D eigenvalue weighted by Crippen LogP contribution is -2.33. The van der Waals surface area contributed by atoms with E-state index >= 15 is 0 Å². The molecule has 0 aliphatic carbocycles. The van der Waals surface area contributed by atoms with E-state index in [0.29, 0.717) is 24.7 Å². The van der Waals surface area contributed by atoms with Gasteiger partial charge in [-0.25, -0.2) is 18.2 Å². The third kappa shape index (κ3) is 5.52. The Morgan fingerprint density at radius 2 is 1.90 bits per heavy atom. The van der Waals surface area contributed by atoms with E-state index in [-0.39, 0.29) is 6.54 Å². The fourth-order valence-corrected chi connectivity index (χ4v) is 3.33. The van der Waals surface area contributed by atoms with Gasteiger partial charge >= 0.3 is 0 Å². The Morgan fingerprint density at radius 3 is 2.61 bits per heavy atom. The number of carbonyl (C=O) groups excluding carboxylic acids is 1. The average molecular weight is 431 g/mol. The summed E-state index contributed by atoms with van der Waals surface area (Å²) in [5.41, 5.74) is 3.33. The molecule has 1 N–H and O–H groups in total. The standard InChI is InChI=1S/C23H24F3N3O2/c1-4-9-29(12-20(30)28-19-8-7-18(24)21(25)22(19)26)11-16-13-31-23(27-16)17-6-5-14(2)10-15(17)3/h5-8,10,13H,4,9,11-12H2,1-3H3,(H,28,30). The van der Waals surface area contributed by atoms with Gasteiger partial charge in [0.1, 0.15) is 6.26 Å². The summed E-state index contributed by atoms with van der Waals surface area (Å²) in [5.74, 6) is -4.41. The van der Waals surface area contributed by atoms with Gasteiger partial charge in [0.05, 0.1) is 17.9 Å². The molecule has 0 saturated carbocycles. The second kappa shape index (κ2) is 9.78. The number of nitrogens with zero attached hydrogens (tertiary/aromatic N) is 2. The summed E-state index contributed by atoms with van der Waals surface area (Å²) in [4.78, 5) is 18.7. The highest BCUT2D eigenvalue weighted by Gasteiger charge is 2.18. The van der Waals surface area contributed by atoms with E-state index in [1.807, 2.05) is 43.9 Å². The number of amides is 1. The molecule has 0 aliphatic rings. The molecule has 164 valence electrons. The molecule has 0 aliphatic heterocycles. The number of aromatic nitrogens is 1. The number of halogens is 3. The molecule has 0 atom stereocenters. The number of oxazole rings is 1. The number of benzene rings is 2. The number of nitrogens with one attached hydrogen (secondary N) is 1. The van der Waals surface area contributed by atoms with Crippen LogP contribution in [0.2, 0.25) is 0 Å². The Balaban J connectivity index is 1.68. The molecule has 0 fully saturated rings. The van der Waals surface area contributed by atoms with Crippen molar-refractivity contribution in [3.63, 3.8) is 0 Å². The highest BCUT2D eigenvalue weighted by Crippen LogP contribution is 2.24. The van der Waals surface area contributed by atoms with Crippen LogP contribution in [0.1, 0.15) is 30.2 Å². The first-order valence-electron chi connectivity index (χ1n) is 9.96. The van der Waals surface area contributed by atoms with Crippen molar-refractivity contribution in [1.82, 2.24) is 9.88 Å². The van der Waals surface area contributed by atoms with Crippen molar-refractivity contribution in [2.24, 2.45) is 0 Å². The van der Waals surface area contributed by atoms with Gasteiger partial charge < -0.3 is 9.73 Å². The predicted octanol–water partition coefficient (Wildman–Crippen LogP) is 5.23. The Hall–Kier alpha value is -3.13. The zero-order valence-electron chi connectivity index (χ0n) is 17.6. The van der Waals surface area contributed by atoms with E-state index in [1.165, 1.54) is 0 Å². The lowest BCUT2D eigenvalue weighted by Gasteiger charge is -2.20. The molecule has 0 radical (unpaired) electrons. The third-order valence-corrected chi connectivity index (χ3v) is 4.77. The van der Waals surface area contributed by atoms with Gasteiger partial charge in [0.2, 0.25) is 11.8 Å². The molecule has 0 spiro atoms. The van der Waals surface area contributed by atoms with Crippen molar-refractivity contribution in [1.29, 1.82) is 0 Å². The Labute approximate surface area is 178 Å². The van der Waals surface area contributed by atoms with Crippen LogP contribution in [0.4, 0.5) is 18.9 Å². The fraction of sp³-hybridized carbons (Fsp3) is 0.304. The first-order valence-corrected chi connectivity index (χ1v) is 9.96. The minimum absolute atomic E-state index is 0.0714. The van der Waals surface area contributed by atoms with Gasteiger partial charge in [-0.1, -0.05) is 24.6 Å². The Kier molecular flexibility index (Phi) is 7.12. The largest absolute Gasteiger partial charge is 0.444 e. The minimum atomic E-state index is -1.62. The maximum atomic E-state index is 13.8. The Morgan fingerprint density at radius 1 is 1.13 bits per heavy atom. The molecule has 31 heavy (non-hydrogen) atoms. The molecule has 1 amide bonds. The van der Waals surface area contributed by atoms with Crippen LogP contribution in [0.25, 0.3) is 11.5 Å². The predicted molar refractivity (Wildman–Crippen MR) is 112 cm³/mol. The first kappa shape index (κ1) is 22.6. The van der Waals surface area contributed by atoms with Crippen LogP contribution in [0, 0.1) is 31.3 Å². The fourth-order valence-electron chi connectivity index (χ4n) is 3.33. The zero-order chi connectivity index (χ0) is 22.5. The summed E-state index contributed by atoms with van der Waals surface area (Å²) >= 11 is 0. The van der Waals surface area contributed by atoms with Gasteiger partial charge in [-0.15, -0.1) is 0 Å². The smallest absolute Gasteiger partial charge is 0.238 e. The molecular formula is C23H24F3N3O2. The first-order chi connectivity index (χ1) is 14.8. The molecule has 5 nitrogen and oxygen atoms in total. The minimum Gasteiger partial charge on any atom is -0.444 e. The average Bonchev–Trinajstić information content (AvgIpc) is 3.16. The van der Waals surface area contributed by atoms with Crippen LogP contribution in [0.15, 0.2) is 41.0 Å². The molecular weight excluding hydrogens is 407 g/mol. The van der Waals surface area contributed by atoms with E-state index in [2.05, 4.69) is 10.3 Å². The maximum absolute atomic E-state index is 13.8. The number of carbonyl (C=O) groups is 1. The van der Waals surface area contributed by atoms with E-state index in [4.69, 9.17) is 4.42 Å². The summed E-state index contributed by atoms with van der Waals surface area (Å²) < 4.78 is 45.9. The quantitative estimate of drug-likeness (QED) is 0.497. The van der Waals surface area contributed by atoms with Crippen LogP contribution in [0.5, 0.6) is 0 Å². The molecule has 8 heteroatoms. The number of aryl methyl sites for hydroxylation is 2. The highest BCUT2D eigenvalue weighted by molar-refractivity contribution is 5.92. The molecule has 1 heterocycles. The second-order valence-corrected chi connectivity index (χ2v) is 7.44. The number of rotatable bonds is 8. The maximum Gasteiger partial charge on any atom is 0.238 e. The Bertz CT molecular complexity index is 1080. The molecule has 3 aromatic rings. The van der Waals surface area contributed by atoms with E-state index < -0.39 is 29.0 Å². The molecule has 0 unspecified atom stereocenters. The summed E-state index contributed by atoms with van der Waals surface area (Å²) in [5, 5.41) is 2.29. The lowest BCUT2D eigenvalue weighted by atomic mass is 10.1.